The lowest BCUT2D eigenvalue weighted by Crippen LogP contribution is -2.40. The highest BCUT2D eigenvalue weighted by atomic mass is 16.5. The molecule has 0 spiro atoms. The van der Waals surface area contributed by atoms with E-state index in [9.17, 15) is 14.7 Å². The lowest BCUT2D eigenvalue weighted by Gasteiger charge is -2.27. The molecule has 1 saturated carbocycles. The van der Waals surface area contributed by atoms with Crippen LogP contribution in [-0.4, -0.2) is 23.5 Å². The number of ether oxygens (including phenoxy) is 1. The van der Waals surface area contributed by atoms with Gasteiger partial charge in [0.25, 0.3) is 0 Å². The first kappa shape index (κ1) is 20.9. The van der Waals surface area contributed by atoms with Crippen LogP contribution >= 0.6 is 0 Å². The maximum Gasteiger partial charge on any atom is 0.307 e. The lowest BCUT2D eigenvalue weighted by molar-refractivity contribution is -0.148. The van der Waals surface area contributed by atoms with E-state index in [1.807, 2.05) is 43.3 Å². The van der Waals surface area contributed by atoms with E-state index in [4.69, 9.17) is 4.74 Å². The number of hydrogen-bond acceptors (Lipinski definition) is 3. The summed E-state index contributed by atoms with van der Waals surface area (Å²) >= 11 is 0. The summed E-state index contributed by atoms with van der Waals surface area (Å²) in [4.78, 5) is 23.8. The van der Waals surface area contributed by atoms with Gasteiger partial charge in [0.15, 0.2) is 0 Å². The van der Waals surface area contributed by atoms with Crippen molar-refractivity contribution in [2.24, 2.45) is 11.8 Å². The number of nitrogens with one attached hydrogen (secondary N) is 1. The van der Waals surface area contributed by atoms with Crippen molar-refractivity contribution in [1.29, 1.82) is 0 Å². The Hall–Kier alpha value is -2.82. The summed E-state index contributed by atoms with van der Waals surface area (Å²) in [6, 6.07) is 13.9. The van der Waals surface area contributed by atoms with Crippen LogP contribution in [0.5, 0.6) is 11.5 Å². The molecule has 0 aromatic heterocycles. The Morgan fingerprint density at radius 3 is 2.41 bits per heavy atom. The Labute approximate surface area is 172 Å². The number of carboxylic acid groups (broad SMARTS) is 1. The van der Waals surface area contributed by atoms with Gasteiger partial charge in [0.1, 0.15) is 11.5 Å². The molecular formula is C24H29NO4. The van der Waals surface area contributed by atoms with Crippen LogP contribution in [0.4, 0.5) is 0 Å². The van der Waals surface area contributed by atoms with Crippen LogP contribution in [0.15, 0.2) is 42.5 Å². The van der Waals surface area contributed by atoms with Gasteiger partial charge in [-0.15, -0.1) is 0 Å². The number of rotatable bonds is 7. The van der Waals surface area contributed by atoms with E-state index in [-0.39, 0.29) is 5.91 Å². The molecular weight excluding hydrogens is 366 g/mol. The SMILES string of the molecule is Cc1cccc(Oc2ccc(CCNC(=O)C3CCCCC3C(=O)O)cc2)c1C. The quantitative estimate of drug-likeness (QED) is 0.716. The van der Waals surface area contributed by atoms with E-state index in [0.717, 1.165) is 35.5 Å². The van der Waals surface area contributed by atoms with Gasteiger partial charge in [0, 0.05) is 6.54 Å². The van der Waals surface area contributed by atoms with Crippen LogP contribution < -0.4 is 10.1 Å². The third-order valence-electron chi connectivity index (χ3n) is 5.84. The lowest BCUT2D eigenvalue weighted by atomic mass is 9.78. The van der Waals surface area contributed by atoms with Crippen molar-refractivity contribution in [2.75, 3.05) is 6.54 Å². The van der Waals surface area contributed by atoms with Gasteiger partial charge in [0.2, 0.25) is 5.91 Å². The van der Waals surface area contributed by atoms with Crippen LogP contribution in [0.25, 0.3) is 0 Å². The van der Waals surface area contributed by atoms with Crippen molar-refractivity contribution in [2.45, 2.75) is 46.0 Å². The van der Waals surface area contributed by atoms with Gasteiger partial charge in [-0.3, -0.25) is 9.59 Å². The van der Waals surface area contributed by atoms with Crippen LogP contribution in [0.2, 0.25) is 0 Å². The highest BCUT2D eigenvalue weighted by molar-refractivity contribution is 5.84. The molecule has 1 amide bonds. The molecule has 2 unspecified atom stereocenters. The topological polar surface area (TPSA) is 75.6 Å². The molecule has 1 fully saturated rings. The number of aliphatic carboxylic acids is 1. The Kier molecular flexibility index (Phi) is 6.91. The molecule has 0 aliphatic heterocycles. The first-order chi connectivity index (χ1) is 14.0. The van der Waals surface area contributed by atoms with E-state index >= 15 is 0 Å². The third-order valence-corrected chi connectivity index (χ3v) is 5.84. The van der Waals surface area contributed by atoms with Gasteiger partial charge < -0.3 is 15.2 Å². The Morgan fingerprint density at radius 1 is 1.03 bits per heavy atom. The van der Waals surface area contributed by atoms with E-state index in [2.05, 4.69) is 18.3 Å². The monoisotopic (exact) mass is 395 g/mol. The fourth-order valence-corrected chi connectivity index (χ4v) is 3.89. The van der Waals surface area contributed by atoms with Crippen molar-refractivity contribution in [3.63, 3.8) is 0 Å². The highest BCUT2D eigenvalue weighted by Crippen LogP contribution is 2.30. The molecule has 2 atom stereocenters. The molecule has 1 aliphatic carbocycles. The van der Waals surface area contributed by atoms with Gasteiger partial charge in [0.05, 0.1) is 11.8 Å². The number of carboxylic acids is 1. The number of benzene rings is 2. The van der Waals surface area contributed by atoms with E-state index < -0.39 is 17.8 Å². The molecule has 3 rings (SSSR count). The Balaban J connectivity index is 1.50. The van der Waals surface area contributed by atoms with Crippen molar-refractivity contribution in [3.05, 3.63) is 59.2 Å². The fourth-order valence-electron chi connectivity index (χ4n) is 3.89. The normalized spacial score (nSPS) is 18.8. The second kappa shape index (κ2) is 9.59. The Bertz CT molecular complexity index is 860. The smallest absolute Gasteiger partial charge is 0.307 e. The largest absolute Gasteiger partial charge is 0.481 e. The van der Waals surface area contributed by atoms with Crippen LogP contribution in [-0.2, 0) is 16.0 Å². The number of hydrogen-bond donors (Lipinski definition) is 2. The van der Waals surface area contributed by atoms with Gasteiger partial charge in [-0.25, -0.2) is 0 Å². The Morgan fingerprint density at radius 2 is 1.72 bits per heavy atom. The number of carbonyl (C=O) groups is 2. The van der Waals surface area contributed by atoms with Crippen LogP contribution in [0.1, 0.15) is 42.4 Å². The molecule has 154 valence electrons. The summed E-state index contributed by atoms with van der Waals surface area (Å²) in [6.07, 6.45) is 3.75. The van der Waals surface area contributed by atoms with Crippen LogP contribution in [0.3, 0.4) is 0 Å². The molecule has 0 radical (unpaired) electrons. The fraction of sp³-hybridized carbons (Fsp3) is 0.417. The maximum absolute atomic E-state index is 12.4. The molecule has 0 saturated heterocycles. The third kappa shape index (κ3) is 5.37. The maximum atomic E-state index is 12.4. The first-order valence-corrected chi connectivity index (χ1v) is 10.3. The zero-order valence-corrected chi connectivity index (χ0v) is 17.1. The second-order valence-corrected chi connectivity index (χ2v) is 7.82. The highest BCUT2D eigenvalue weighted by Gasteiger charge is 2.35. The van der Waals surface area contributed by atoms with Gasteiger partial charge in [-0.2, -0.15) is 0 Å². The van der Waals surface area contributed by atoms with E-state index in [1.165, 1.54) is 5.56 Å². The summed E-state index contributed by atoms with van der Waals surface area (Å²) in [5, 5.41) is 12.3. The zero-order valence-electron chi connectivity index (χ0n) is 17.1. The van der Waals surface area contributed by atoms with Gasteiger partial charge in [-0.05, 0) is 68.0 Å². The summed E-state index contributed by atoms with van der Waals surface area (Å²) < 4.78 is 5.98. The molecule has 0 bridgehead atoms. The van der Waals surface area contributed by atoms with Crippen molar-refractivity contribution < 1.29 is 19.4 Å². The summed E-state index contributed by atoms with van der Waals surface area (Å²) in [5.74, 6) is -0.320. The number of amides is 1. The minimum absolute atomic E-state index is 0.132. The second-order valence-electron chi connectivity index (χ2n) is 7.82. The molecule has 0 heterocycles. The average Bonchev–Trinajstić information content (AvgIpc) is 2.72. The molecule has 5 nitrogen and oxygen atoms in total. The van der Waals surface area contributed by atoms with Crippen molar-refractivity contribution in [1.82, 2.24) is 5.32 Å². The number of aryl methyl sites for hydroxylation is 1. The minimum atomic E-state index is -0.857. The summed E-state index contributed by atoms with van der Waals surface area (Å²) in [7, 11) is 0. The van der Waals surface area contributed by atoms with Gasteiger partial charge >= 0.3 is 5.97 Å². The molecule has 29 heavy (non-hydrogen) atoms. The minimum Gasteiger partial charge on any atom is -0.481 e. The van der Waals surface area contributed by atoms with Crippen LogP contribution in [0, 0.1) is 25.7 Å². The zero-order chi connectivity index (χ0) is 20.8. The van der Waals surface area contributed by atoms with Gasteiger partial charge in [-0.1, -0.05) is 37.1 Å². The standard InChI is InChI=1S/C24H29NO4/c1-16-6-5-9-22(17(16)2)29-19-12-10-18(11-13-19)14-15-25-23(26)20-7-3-4-8-21(20)24(27)28/h5-6,9-13,20-21H,3-4,7-8,14-15H2,1-2H3,(H,25,26)(H,27,28). The average molecular weight is 395 g/mol. The molecule has 5 heteroatoms. The van der Waals surface area contributed by atoms with E-state index in [0.29, 0.717) is 25.8 Å². The summed E-state index contributed by atoms with van der Waals surface area (Å²) in [6.45, 7) is 4.60. The molecule has 2 N–H and O–H groups in total. The van der Waals surface area contributed by atoms with E-state index in [1.54, 1.807) is 0 Å². The molecule has 2 aromatic carbocycles. The summed E-state index contributed by atoms with van der Waals surface area (Å²) in [5.41, 5.74) is 3.41. The van der Waals surface area contributed by atoms with Crippen molar-refractivity contribution >= 4 is 11.9 Å². The molecule has 2 aromatic rings. The number of carbonyl (C=O) groups excluding carboxylic acids is 1. The predicted molar refractivity (Wildman–Crippen MR) is 112 cm³/mol. The molecule has 1 aliphatic rings. The van der Waals surface area contributed by atoms with Crippen molar-refractivity contribution in [3.8, 4) is 11.5 Å². The first-order valence-electron chi connectivity index (χ1n) is 10.3. The predicted octanol–water partition coefficient (Wildman–Crippen LogP) is 4.65.